The Morgan fingerprint density at radius 1 is 1.50 bits per heavy atom. The van der Waals surface area contributed by atoms with Crippen LogP contribution < -0.4 is 0 Å². The normalized spacial score (nSPS) is 21.2. The van der Waals surface area contributed by atoms with Crippen LogP contribution in [0.1, 0.15) is 26.2 Å². The third kappa shape index (κ3) is 3.54. The first-order chi connectivity index (χ1) is 7.32. The summed E-state index contributed by atoms with van der Waals surface area (Å²) in [6.45, 7) is 2.04. The summed E-state index contributed by atoms with van der Waals surface area (Å²) in [5.41, 5.74) is 0. The van der Waals surface area contributed by atoms with Gasteiger partial charge in [-0.1, -0.05) is 0 Å². The first-order valence-corrected chi connectivity index (χ1v) is 6.69. The van der Waals surface area contributed by atoms with Gasteiger partial charge in [-0.3, -0.25) is 14.2 Å². The molecule has 8 heteroatoms. The van der Waals surface area contributed by atoms with Crippen molar-refractivity contribution in [1.29, 1.82) is 0 Å². The number of hydrogen-bond donors (Lipinski definition) is 3. The monoisotopic (exact) mass is 253 g/mol. The van der Waals surface area contributed by atoms with Crippen LogP contribution in [0.4, 0.5) is 0 Å². The third-order valence-electron chi connectivity index (χ3n) is 2.42. The first kappa shape index (κ1) is 13.6. The van der Waals surface area contributed by atoms with Crippen molar-refractivity contribution in [3.63, 3.8) is 0 Å². The van der Waals surface area contributed by atoms with Crippen LogP contribution in [-0.2, 0) is 14.2 Å². The van der Waals surface area contributed by atoms with Crippen LogP contribution in [0.5, 0.6) is 0 Å². The Hall–Kier alpha value is -0.460. The van der Waals surface area contributed by atoms with Gasteiger partial charge in [0.25, 0.3) is 0 Å². The van der Waals surface area contributed by atoms with Crippen molar-refractivity contribution < 1.29 is 29.1 Å². The maximum atomic E-state index is 11.2. The highest BCUT2D eigenvalue weighted by atomic mass is 31.2. The maximum absolute atomic E-state index is 11.2. The predicted molar refractivity (Wildman–Crippen MR) is 54.2 cm³/mol. The largest absolute Gasteiger partial charge is 0.380 e. The zero-order valence-electron chi connectivity index (χ0n) is 8.94. The molecule has 2 atom stereocenters. The van der Waals surface area contributed by atoms with E-state index in [0.717, 1.165) is 0 Å². The lowest BCUT2D eigenvalue weighted by atomic mass is 10.2. The van der Waals surface area contributed by atoms with E-state index in [-0.39, 0.29) is 24.8 Å². The molecule has 0 aromatic heterocycles. The van der Waals surface area contributed by atoms with Crippen molar-refractivity contribution in [2.45, 2.75) is 38.1 Å². The lowest BCUT2D eigenvalue weighted by Crippen LogP contribution is -2.33. The van der Waals surface area contributed by atoms with Crippen molar-refractivity contribution in [3.05, 3.63) is 0 Å². The van der Waals surface area contributed by atoms with E-state index in [1.54, 1.807) is 6.92 Å². The molecule has 3 N–H and O–H groups in total. The van der Waals surface area contributed by atoms with Crippen LogP contribution in [0.3, 0.4) is 0 Å². The minimum absolute atomic E-state index is 0.0708. The molecule has 1 aliphatic rings. The summed E-state index contributed by atoms with van der Waals surface area (Å²) in [5, 5.41) is 10.3. The van der Waals surface area contributed by atoms with Gasteiger partial charge in [0.05, 0.1) is 19.1 Å². The molecule has 0 aliphatic carbocycles. The molecule has 0 spiro atoms. The molecule has 1 fully saturated rings. The molecule has 0 bridgehead atoms. The molecular weight excluding hydrogens is 237 g/mol. The van der Waals surface area contributed by atoms with Crippen molar-refractivity contribution in [2.75, 3.05) is 6.61 Å². The fourth-order valence-corrected chi connectivity index (χ4v) is 1.95. The smallest absolute Gasteiger partial charge is 0.353 e. The number of aliphatic hydroxyl groups excluding tert-OH is 1. The van der Waals surface area contributed by atoms with Crippen LogP contribution in [0.2, 0.25) is 0 Å². The molecule has 2 unspecified atom stereocenters. The molecule has 1 heterocycles. The van der Waals surface area contributed by atoms with Crippen LogP contribution in [0.15, 0.2) is 0 Å². The van der Waals surface area contributed by atoms with E-state index in [4.69, 9.17) is 19.7 Å². The highest BCUT2D eigenvalue weighted by Crippen LogP contribution is 2.41. The second-order valence-electron chi connectivity index (χ2n) is 3.80. The van der Waals surface area contributed by atoms with Crippen LogP contribution in [0, 0.1) is 0 Å². The van der Waals surface area contributed by atoms with Gasteiger partial charge in [-0.15, -0.1) is 0 Å². The van der Waals surface area contributed by atoms with E-state index in [9.17, 15) is 9.36 Å². The van der Waals surface area contributed by atoms with E-state index in [0.29, 0.717) is 13.0 Å². The van der Waals surface area contributed by atoms with E-state index in [1.165, 1.54) is 5.06 Å². The molecule has 0 radical (unpaired) electrons. The van der Waals surface area contributed by atoms with Crippen molar-refractivity contribution >= 4 is 13.5 Å². The Balaban J connectivity index is 2.38. The number of nitrogens with zero attached hydrogens (tertiary/aromatic N) is 1. The summed E-state index contributed by atoms with van der Waals surface area (Å²) < 4.78 is 10.7. The number of amides is 1. The fraction of sp³-hybridized carbons (Fsp3) is 0.875. The Kier molecular flexibility index (Phi) is 4.46. The van der Waals surface area contributed by atoms with Gasteiger partial charge in [0, 0.05) is 0 Å². The molecular formula is C8H16NO6P. The minimum Gasteiger partial charge on any atom is -0.380 e. The van der Waals surface area contributed by atoms with Crippen molar-refractivity contribution in [3.8, 4) is 0 Å². The highest BCUT2D eigenvalue weighted by molar-refractivity contribution is 7.52. The van der Waals surface area contributed by atoms with Gasteiger partial charge >= 0.3 is 7.60 Å². The van der Waals surface area contributed by atoms with Gasteiger partial charge in [0.1, 0.15) is 0 Å². The minimum atomic E-state index is -4.45. The Morgan fingerprint density at radius 2 is 2.12 bits per heavy atom. The summed E-state index contributed by atoms with van der Waals surface area (Å²) in [6, 6.07) is -0.295. The highest BCUT2D eigenvalue weighted by Gasteiger charge is 2.30. The van der Waals surface area contributed by atoms with Crippen LogP contribution in [0.25, 0.3) is 0 Å². The Morgan fingerprint density at radius 3 is 2.56 bits per heavy atom. The second-order valence-corrected chi connectivity index (χ2v) is 5.57. The summed E-state index contributed by atoms with van der Waals surface area (Å²) in [6.07, 6.45) is 0.530. The average molecular weight is 253 g/mol. The van der Waals surface area contributed by atoms with E-state index >= 15 is 0 Å². The number of rotatable bonds is 5. The molecule has 1 aliphatic heterocycles. The number of aliphatic hydroxyl groups is 1. The molecule has 0 saturated carbocycles. The van der Waals surface area contributed by atoms with Crippen molar-refractivity contribution in [2.24, 2.45) is 0 Å². The van der Waals surface area contributed by atoms with Gasteiger partial charge in [0.15, 0.2) is 5.85 Å². The second kappa shape index (κ2) is 5.25. The van der Waals surface area contributed by atoms with E-state index < -0.39 is 13.4 Å². The lowest BCUT2D eigenvalue weighted by molar-refractivity contribution is -0.173. The van der Waals surface area contributed by atoms with Crippen LogP contribution >= 0.6 is 7.60 Å². The lowest BCUT2D eigenvalue weighted by Gasteiger charge is -2.23. The summed E-state index contributed by atoms with van der Waals surface area (Å²) in [4.78, 5) is 33.6. The number of hydrogen-bond acceptors (Lipinski definition) is 4. The average Bonchev–Trinajstić information content (AvgIpc) is 2.58. The SMILES string of the molecule is CC(CCC(O)P(=O)(O)O)N1OCCC1=O. The Labute approximate surface area is 93.1 Å². The number of carbonyl (C=O) groups is 1. The molecule has 0 aromatic rings. The zero-order valence-corrected chi connectivity index (χ0v) is 9.84. The molecule has 1 amide bonds. The zero-order chi connectivity index (χ0) is 12.3. The summed E-state index contributed by atoms with van der Waals surface area (Å²) in [5.74, 6) is -1.81. The molecule has 16 heavy (non-hydrogen) atoms. The van der Waals surface area contributed by atoms with Gasteiger partial charge in [-0.05, 0) is 19.8 Å². The summed E-state index contributed by atoms with van der Waals surface area (Å²) in [7, 11) is -4.45. The number of carbonyl (C=O) groups excluding carboxylic acids is 1. The quantitative estimate of drug-likeness (QED) is 0.586. The molecule has 1 saturated heterocycles. The van der Waals surface area contributed by atoms with Crippen molar-refractivity contribution in [1.82, 2.24) is 5.06 Å². The molecule has 0 aromatic carbocycles. The standard InChI is InChI=1S/C8H16NO6P/c1-6(9-7(10)4-5-15-9)2-3-8(11)16(12,13)14/h6,8,11H,2-5H2,1H3,(H2,12,13,14). The molecule has 1 rings (SSSR count). The molecule has 94 valence electrons. The van der Waals surface area contributed by atoms with Crippen LogP contribution in [-0.4, -0.2) is 44.4 Å². The van der Waals surface area contributed by atoms with Gasteiger partial charge < -0.3 is 14.9 Å². The fourth-order valence-electron chi connectivity index (χ4n) is 1.46. The topological polar surface area (TPSA) is 107 Å². The van der Waals surface area contributed by atoms with Gasteiger partial charge in [-0.2, -0.15) is 0 Å². The Bertz CT molecular complexity index is 303. The van der Waals surface area contributed by atoms with E-state index in [2.05, 4.69) is 0 Å². The van der Waals surface area contributed by atoms with E-state index in [1.807, 2.05) is 0 Å². The third-order valence-corrected chi connectivity index (χ3v) is 3.46. The summed E-state index contributed by atoms with van der Waals surface area (Å²) >= 11 is 0. The first-order valence-electron chi connectivity index (χ1n) is 5.00. The molecule has 7 nitrogen and oxygen atoms in total. The number of hydroxylamine groups is 2. The maximum Gasteiger partial charge on any atom is 0.353 e. The van der Waals surface area contributed by atoms with Gasteiger partial charge in [-0.25, -0.2) is 5.06 Å². The van der Waals surface area contributed by atoms with Gasteiger partial charge in [0.2, 0.25) is 5.91 Å². The predicted octanol–water partition coefficient (Wildman–Crippen LogP) is -0.185.